The molecule has 0 heterocycles. The van der Waals surface area contributed by atoms with Crippen LogP contribution in [0.2, 0.25) is 0 Å². The summed E-state index contributed by atoms with van der Waals surface area (Å²) in [4.78, 5) is 0. The van der Waals surface area contributed by atoms with E-state index in [1.165, 1.54) is 76.4 Å². The van der Waals surface area contributed by atoms with Crippen LogP contribution < -0.4 is 0 Å². The minimum Gasteiger partial charge on any atom is -0.392 e. The minimum atomic E-state index is -0.178. The van der Waals surface area contributed by atoms with Crippen LogP contribution in [0.25, 0.3) is 32.3 Å². The normalized spacial score (nSPS) is 23.3. The summed E-state index contributed by atoms with van der Waals surface area (Å²) in [5, 5.41) is 19.4. The molecule has 4 aromatic rings. The number of fused-ring (bicyclic) bond motifs is 2. The number of aryl methyl sites for hydroxylation is 1. The van der Waals surface area contributed by atoms with Crippen molar-refractivity contribution in [3.05, 3.63) is 59.2 Å². The van der Waals surface area contributed by atoms with Gasteiger partial charge in [0.25, 0.3) is 0 Å². The molecule has 2 aliphatic rings. The molecule has 0 spiro atoms. The number of aliphatic hydroxyl groups excluding tert-OH is 1. The first-order chi connectivity index (χ1) is 13.3. The Kier molecular flexibility index (Phi) is 3.50. The maximum Gasteiger partial charge on any atom is 0.0609 e. The summed E-state index contributed by atoms with van der Waals surface area (Å²) in [6.07, 6.45) is 9.30. The lowest BCUT2D eigenvalue weighted by Crippen LogP contribution is -2.25. The number of hydrogen-bond donors (Lipinski definition) is 1. The highest BCUT2D eigenvalue weighted by Gasteiger charge is 2.31. The summed E-state index contributed by atoms with van der Waals surface area (Å²) >= 11 is 0. The van der Waals surface area contributed by atoms with E-state index in [0.717, 1.165) is 12.8 Å². The summed E-state index contributed by atoms with van der Waals surface area (Å²) in [7, 11) is 0. The van der Waals surface area contributed by atoms with E-state index in [1.54, 1.807) is 11.1 Å². The molecule has 2 aliphatic carbocycles. The molecule has 0 amide bonds. The molecule has 0 bridgehead atoms. The van der Waals surface area contributed by atoms with Gasteiger partial charge >= 0.3 is 0 Å². The Bertz CT molecular complexity index is 1140. The summed E-state index contributed by atoms with van der Waals surface area (Å²) in [5.74, 6) is 0.315. The average Bonchev–Trinajstić information content (AvgIpc) is 2.72. The minimum absolute atomic E-state index is 0.178. The third-order valence-corrected chi connectivity index (χ3v) is 7.29. The van der Waals surface area contributed by atoms with Crippen molar-refractivity contribution in [1.29, 1.82) is 0 Å². The Morgan fingerprint density at radius 2 is 1.37 bits per heavy atom. The third kappa shape index (κ3) is 2.21. The van der Waals surface area contributed by atoms with Gasteiger partial charge in [0, 0.05) is 5.92 Å². The molecule has 136 valence electrons. The molecule has 0 saturated heterocycles. The van der Waals surface area contributed by atoms with E-state index in [1.807, 2.05) is 0 Å². The predicted octanol–water partition coefficient (Wildman–Crippen LogP) is 6.48. The molecular weight excluding hydrogens is 328 g/mol. The molecule has 1 nitrogen and oxygen atoms in total. The summed E-state index contributed by atoms with van der Waals surface area (Å²) in [5.41, 5.74) is 4.67. The molecule has 4 aromatic carbocycles. The van der Waals surface area contributed by atoms with Crippen LogP contribution in [0.4, 0.5) is 0 Å². The van der Waals surface area contributed by atoms with Crippen molar-refractivity contribution in [2.45, 2.75) is 63.4 Å². The van der Waals surface area contributed by atoms with Crippen LogP contribution in [0.3, 0.4) is 0 Å². The first-order valence-corrected chi connectivity index (χ1v) is 10.7. The van der Waals surface area contributed by atoms with E-state index in [-0.39, 0.29) is 6.10 Å². The number of benzene rings is 4. The Hall–Kier alpha value is -2.12. The van der Waals surface area contributed by atoms with E-state index >= 15 is 0 Å². The van der Waals surface area contributed by atoms with Crippen LogP contribution in [-0.2, 0) is 12.8 Å². The van der Waals surface area contributed by atoms with Crippen LogP contribution in [0.1, 0.15) is 61.1 Å². The SMILES string of the molecule is OC1CCCCC1c1c2c(c3ccc4cccc5ccc1c3c45)CCCC2. The second-order valence-corrected chi connectivity index (χ2v) is 8.72. The maximum atomic E-state index is 10.9. The molecule has 1 fully saturated rings. The van der Waals surface area contributed by atoms with Crippen molar-refractivity contribution < 1.29 is 5.11 Å². The first-order valence-electron chi connectivity index (χ1n) is 10.7. The fraction of sp³-hybridized carbons (Fsp3) is 0.385. The molecule has 2 atom stereocenters. The van der Waals surface area contributed by atoms with Gasteiger partial charge in [-0.25, -0.2) is 0 Å². The Labute approximate surface area is 160 Å². The summed E-state index contributed by atoms with van der Waals surface area (Å²) < 4.78 is 0. The molecule has 2 unspecified atom stereocenters. The molecule has 0 radical (unpaired) electrons. The van der Waals surface area contributed by atoms with Gasteiger partial charge in [0.15, 0.2) is 0 Å². The molecule has 1 N–H and O–H groups in total. The Balaban J connectivity index is 1.79. The van der Waals surface area contributed by atoms with Crippen molar-refractivity contribution in [2.75, 3.05) is 0 Å². The van der Waals surface area contributed by atoms with Gasteiger partial charge in [0.05, 0.1) is 6.10 Å². The fourth-order valence-electron chi connectivity index (χ4n) is 6.09. The topological polar surface area (TPSA) is 20.2 Å². The smallest absolute Gasteiger partial charge is 0.0609 e. The van der Waals surface area contributed by atoms with Crippen LogP contribution >= 0.6 is 0 Å². The van der Waals surface area contributed by atoms with E-state index in [9.17, 15) is 5.11 Å². The van der Waals surface area contributed by atoms with Crippen molar-refractivity contribution in [1.82, 2.24) is 0 Å². The summed E-state index contributed by atoms with van der Waals surface area (Å²) in [6.45, 7) is 0. The monoisotopic (exact) mass is 354 g/mol. The third-order valence-electron chi connectivity index (χ3n) is 7.29. The lowest BCUT2D eigenvalue weighted by Gasteiger charge is -2.34. The second kappa shape index (κ2) is 5.94. The van der Waals surface area contributed by atoms with Crippen molar-refractivity contribution >= 4 is 32.3 Å². The van der Waals surface area contributed by atoms with Gasteiger partial charge in [-0.1, -0.05) is 55.3 Å². The Morgan fingerprint density at radius 1 is 0.667 bits per heavy atom. The standard InChI is InChI=1S/C26H26O/c27-23-11-4-3-10-21(23)25-19-9-2-1-8-18(19)20-14-12-16-6-5-7-17-13-15-22(25)26(20)24(16)17/h5-7,12-15,21,23,27H,1-4,8-11H2. The van der Waals surface area contributed by atoms with Crippen LogP contribution in [0.15, 0.2) is 42.5 Å². The molecule has 6 rings (SSSR count). The van der Waals surface area contributed by atoms with Gasteiger partial charge in [0.2, 0.25) is 0 Å². The maximum absolute atomic E-state index is 10.9. The first kappa shape index (κ1) is 15.9. The van der Waals surface area contributed by atoms with Gasteiger partial charge in [-0.3, -0.25) is 0 Å². The highest BCUT2D eigenvalue weighted by Crippen LogP contribution is 2.47. The van der Waals surface area contributed by atoms with Crippen LogP contribution in [-0.4, -0.2) is 11.2 Å². The van der Waals surface area contributed by atoms with E-state index in [2.05, 4.69) is 42.5 Å². The quantitative estimate of drug-likeness (QED) is 0.388. The van der Waals surface area contributed by atoms with Gasteiger partial charge < -0.3 is 5.11 Å². The van der Waals surface area contributed by atoms with Crippen molar-refractivity contribution in [3.8, 4) is 0 Å². The molecule has 27 heavy (non-hydrogen) atoms. The lowest BCUT2D eigenvalue weighted by molar-refractivity contribution is 0.106. The Morgan fingerprint density at radius 3 is 2.15 bits per heavy atom. The predicted molar refractivity (Wildman–Crippen MR) is 114 cm³/mol. The van der Waals surface area contributed by atoms with E-state index < -0.39 is 0 Å². The van der Waals surface area contributed by atoms with Crippen molar-refractivity contribution in [2.24, 2.45) is 0 Å². The van der Waals surface area contributed by atoms with Crippen LogP contribution in [0, 0.1) is 0 Å². The van der Waals surface area contributed by atoms with Gasteiger partial charge in [0.1, 0.15) is 0 Å². The zero-order chi connectivity index (χ0) is 18.0. The van der Waals surface area contributed by atoms with Crippen LogP contribution in [0.5, 0.6) is 0 Å². The number of hydrogen-bond acceptors (Lipinski definition) is 1. The lowest BCUT2D eigenvalue weighted by atomic mass is 9.72. The number of rotatable bonds is 1. The highest BCUT2D eigenvalue weighted by atomic mass is 16.3. The second-order valence-electron chi connectivity index (χ2n) is 8.72. The fourth-order valence-corrected chi connectivity index (χ4v) is 6.09. The average molecular weight is 354 g/mol. The molecular formula is C26H26O. The highest BCUT2D eigenvalue weighted by molar-refractivity contribution is 6.24. The van der Waals surface area contributed by atoms with Gasteiger partial charge in [-0.2, -0.15) is 0 Å². The molecule has 0 aromatic heterocycles. The molecule has 1 saturated carbocycles. The van der Waals surface area contributed by atoms with E-state index in [0.29, 0.717) is 5.92 Å². The largest absolute Gasteiger partial charge is 0.392 e. The van der Waals surface area contributed by atoms with Gasteiger partial charge in [-0.15, -0.1) is 0 Å². The summed E-state index contributed by atoms with van der Waals surface area (Å²) in [6, 6.07) is 16.0. The zero-order valence-electron chi connectivity index (χ0n) is 15.8. The number of aliphatic hydroxyl groups is 1. The van der Waals surface area contributed by atoms with Gasteiger partial charge in [-0.05, 0) is 87.5 Å². The van der Waals surface area contributed by atoms with E-state index in [4.69, 9.17) is 0 Å². The van der Waals surface area contributed by atoms with Crippen molar-refractivity contribution in [3.63, 3.8) is 0 Å². The molecule has 1 heteroatoms. The molecule has 0 aliphatic heterocycles. The zero-order valence-corrected chi connectivity index (χ0v) is 15.8.